The molecule has 1 aromatic heterocycles. The second-order valence-corrected chi connectivity index (χ2v) is 4.26. The van der Waals surface area contributed by atoms with E-state index in [1.807, 2.05) is 0 Å². The van der Waals surface area contributed by atoms with Gasteiger partial charge in [0.1, 0.15) is 0 Å². The highest BCUT2D eigenvalue weighted by Crippen LogP contribution is 2.12. The Bertz CT molecular complexity index is 257. The molecule has 14 heavy (non-hydrogen) atoms. The van der Waals surface area contributed by atoms with Crippen molar-refractivity contribution in [3.05, 3.63) is 22.4 Å². The molecule has 0 bridgehead atoms. The average molecular weight is 213 g/mol. The summed E-state index contributed by atoms with van der Waals surface area (Å²) >= 11 is 1.70. The third kappa shape index (κ3) is 2.54. The summed E-state index contributed by atoms with van der Waals surface area (Å²) in [4.78, 5) is 0. The van der Waals surface area contributed by atoms with Crippen LogP contribution in [0.3, 0.4) is 0 Å². The largest absolute Gasteiger partial charge is 0.376 e. The minimum absolute atomic E-state index is 0.0462. The van der Waals surface area contributed by atoms with Gasteiger partial charge in [-0.25, -0.2) is 0 Å². The number of nitrogens with two attached hydrogens (primary N) is 1. The summed E-state index contributed by atoms with van der Waals surface area (Å²) in [5.41, 5.74) is 7.33. The Morgan fingerprint density at radius 2 is 2.50 bits per heavy atom. The van der Waals surface area contributed by atoms with Crippen molar-refractivity contribution in [1.82, 2.24) is 0 Å². The van der Waals surface area contributed by atoms with Crippen LogP contribution in [0.2, 0.25) is 0 Å². The molecule has 0 amide bonds. The van der Waals surface area contributed by atoms with Gasteiger partial charge in [-0.05, 0) is 28.8 Å². The molecular formula is C10H15NO2S. The summed E-state index contributed by atoms with van der Waals surface area (Å²) in [5, 5.41) is 4.20. The second kappa shape index (κ2) is 4.89. The number of ether oxygens (including phenoxy) is 2. The smallest absolute Gasteiger partial charge is 0.0963 e. The van der Waals surface area contributed by atoms with E-state index in [4.69, 9.17) is 15.2 Å². The first kappa shape index (κ1) is 10.1. The minimum atomic E-state index is 0.0462. The topological polar surface area (TPSA) is 44.5 Å². The van der Waals surface area contributed by atoms with Gasteiger partial charge in [0.05, 0.1) is 25.9 Å². The van der Waals surface area contributed by atoms with Crippen LogP contribution in [-0.4, -0.2) is 32.0 Å². The molecule has 3 nitrogen and oxygen atoms in total. The molecule has 2 unspecified atom stereocenters. The maximum absolute atomic E-state index is 6.04. The molecule has 0 aliphatic carbocycles. The number of hydrogen-bond acceptors (Lipinski definition) is 4. The first-order chi connectivity index (χ1) is 6.86. The van der Waals surface area contributed by atoms with Gasteiger partial charge >= 0.3 is 0 Å². The number of rotatable bonds is 3. The van der Waals surface area contributed by atoms with E-state index in [-0.39, 0.29) is 12.1 Å². The maximum atomic E-state index is 6.04. The summed E-state index contributed by atoms with van der Waals surface area (Å²) in [5.74, 6) is 0. The molecule has 0 aromatic carbocycles. The molecule has 4 heteroatoms. The van der Waals surface area contributed by atoms with Crippen molar-refractivity contribution in [3.8, 4) is 0 Å². The predicted octanol–water partition coefficient (Wildman–Crippen LogP) is 1.03. The van der Waals surface area contributed by atoms with E-state index >= 15 is 0 Å². The van der Waals surface area contributed by atoms with Gasteiger partial charge in [-0.1, -0.05) is 0 Å². The zero-order chi connectivity index (χ0) is 9.80. The monoisotopic (exact) mass is 213 g/mol. The van der Waals surface area contributed by atoms with Crippen LogP contribution in [0, 0.1) is 0 Å². The molecule has 2 N–H and O–H groups in total. The third-order valence-corrected chi connectivity index (χ3v) is 3.10. The van der Waals surface area contributed by atoms with Gasteiger partial charge in [0.15, 0.2) is 0 Å². The van der Waals surface area contributed by atoms with Gasteiger partial charge in [-0.15, -0.1) is 0 Å². The Morgan fingerprint density at radius 3 is 3.14 bits per heavy atom. The molecule has 2 atom stereocenters. The Labute approximate surface area is 87.8 Å². The Morgan fingerprint density at radius 1 is 1.57 bits per heavy atom. The van der Waals surface area contributed by atoms with Crippen LogP contribution in [0.15, 0.2) is 16.8 Å². The summed E-state index contributed by atoms with van der Waals surface area (Å²) in [6.07, 6.45) is 0.931. The van der Waals surface area contributed by atoms with Crippen molar-refractivity contribution in [3.63, 3.8) is 0 Å². The van der Waals surface area contributed by atoms with E-state index in [2.05, 4.69) is 16.8 Å². The molecule has 2 rings (SSSR count). The SMILES string of the molecule is NC(Cc1ccsc1)C1COCCO1. The van der Waals surface area contributed by atoms with E-state index < -0.39 is 0 Å². The molecule has 78 valence electrons. The third-order valence-electron chi connectivity index (χ3n) is 2.37. The Kier molecular flexibility index (Phi) is 3.53. The lowest BCUT2D eigenvalue weighted by molar-refractivity contribution is -0.0967. The Hall–Kier alpha value is -0.420. The molecule has 1 aliphatic heterocycles. The van der Waals surface area contributed by atoms with Crippen molar-refractivity contribution in [2.75, 3.05) is 19.8 Å². The maximum Gasteiger partial charge on any atom is 0.0963 e. The Balaban J connectivity index is 1.85. The summed E-state index contributed by atoms with van der Waals surface area (Å²) in [6, 6.07) is 2.15. The normalized spacial score (nSPS) is 24.8. The number of thiophene rings is 1. The first-order valence-electron chi connectivity index (χ1n) is 4.82. The van der Waals surface area contributed by atoms with E-state index in [9.17, 15) is 0 Å². The molecule has 0 radical (unpaired) electrons. The molecular weight excluding hydrogens is 198 g/mol. The molecule has 1 saturated heterocycles. The number of hydrogen-bond donors (Lipinski definition) is 1. The van der Waals surface area contributed by atoms with Crippen LogP contribution >= 0.6 is 11.3 Å². The van der Waals surface area contributed by atoms with Crippen molar-refractivity contribution in [1.29, 1.82) is 0 Å². The van der Waals surface area contributed by atoms with Crippen LogP contribution < -0.4 is 5.73 Å². The van der Waals surface area contributed by atoms with Crippen LogP contribution in [0.1, 0.15) is 5.56 Å². The predicted molar refractivity (Wildman–Crippen MR) is 56.6 cm³/mol. The van der Waals surface area contributed by atoms with Crippen molar-refractivity contribution >= 4 is 11.3 Å². The van der Waals surface area contributed by atoms with Gasteiger partial charge in [-0.2, -0.15) is 11.3 Å². The standard InChI is InChI=1S/C10H15NO2S/c11-9(5-8-1-4-14-7-8)10-6-12-2-3-13-10/h1,4,7,9-10H,2-3,5-6,11H2. The van der Waals surface area contributed by atoms with Crippen molar-refractivity contribution in [2.45, 2.75) is 18.6 Å². The fourth-order valence-electron chi connectivity index (χ4n) is 1.57. The first-order valence-corrected chi connectivity index (χ1v) is 5.76. The quantitative estimate of drug-likeness (QED) is 0.815. The highest BCUT2D eigenvalue weighted by atomic mass is 32.1. The van der Waals surface area contributed by atoms with E-state index in [1.165, 1.54) is 5.56 Å². The van der Waals surface area contributed by atoms with Gasteiger partial charge in [-0.3, -0.25) is 0 Å². The molecule has 2 heterocycles. The molecule has 0 saturated carbocycles. The van der Waals surface area contributed by atoms with Gasteiger partial charge in [0.25, 0.3) is 0 Å². The zero-order valence-electron chi connectivity index (χ0n) is 8.02. The summed E-state index contributed by atoms with van der Waals surface area (Å²) in [7, 11) is 0. The van der Waals surface area contributed by atoms with Gasteiger partial charge < -0.3 is 15.2 Å². The summed E-state index contributed by atoms with van der Waals surface area (Å²) in [6.45, 7) is 2.00. The van der Waals surface area contributed by atoms with Crippen LogP contribution in [0.5, 0.6) is 0 Å². The van der Waals surface area contributed by atoms with E-state index in [1.54, 1.807) is 11.3 Å². The van der Waals surface area contributed by atoms with Gasteiger partial charge in [0, 0.05) is 6.04 Å². The molecule has 1 aromatic rings. The van der Waals surface area contributed by atoms with Crippen LogP contribution in [0.25, 0.3) is 0 Å². The lowest BCUT2D eigenvalue weighted by Crippen LogP contribution is -2.44. The zero-order valence-corrected chi connectivity index (χ0v) is 8.83. The molecule has 1 fully saturated rings. The lowest BCUT2D eigenvalue weighted by Gasteiger charge is -2.27. The fourth-order valence-corrected chi connectivity index (χ4v) is 2.25. The fraction of sp³-hybridized carbons (Fsp3) is 0.600. The highest BCUT2D eigenvalue weighted by molar-refractivity contribution is 7.07. The molecule has 1 aliphatic rings. The van der Waals surface area contributed by atoms with E-state index in [0.29, 0.717) is 19.8 Å². The van der Waals surface area contributed by atoms with Crippen LogP contribution in [-0.2, 0) is 15.9 Å². The molecule has 0 spiro atoms. The lowest BCUT2D eigenvalue weighted by atomic mass is 10.0. The van der Waals surface area contributed by atoms with Crippen LogP contribution in [0.4, 0.5) is 0 Å². The minimum Gasteiger partial charge on any atom is -0.376 e. The average Bonchev–Trinajstić information content (AvgIpc) is 2.72. The van der Waals surface area contributed by atoms with Gasteiger partial charge in [0.2, 0.25) is 0 Å². The summed E-state index contributed by atoms with van der Waals surface area (Å²) < 4.78 is 10.9. The highest BCUT2D eigenvalue weighted by Gasteiger charge is 2.21. The van der Waals surface area contributed by atoms with E-state index in [0.717, 1.165) is 6.42 Å². The van der Waals surface area contributed by atoms with Crippen molar-refractivity contribution < 1.29 is 9.47 Å². The van der Waals surface area contributed by atoms with Crippen molar-refractivity contribution in [2.24, 2.45) is 5.73 Å². The second-order valence-electron chi connectivity index (χ2n) is 3.48.